The zero-order chi connectivity index (χ0) is 19.1. The van der Waals surface area contributed by atoms with E-state index in [-0.39, 0.29) is 36.1 Å². The average molecular weight is 367 g/mol. The van der Waals surface area contributed by atoms with Crippen molar-refractivity contribution in [1.82, 2.24) is 15.5 Å². The highest BCUT2D eigenvalue weighted by molar-refractivity contribution is 6.07. The molecule has 0 unspecified atom stereocenters. The van der Waals surface area contributed by atoms with Crippen LogP contribution in [0.1, 0.15) is 39.0 Å². The van der Waals surface area contributed by atoms with E-state index in [1.54, 1.807) is 0 Å². The standard InChI is InChI=1S/C17H25N3O6/c1-2-7-18-13(21)8-19-14(22)10-26-15(23)9-20-16(24)11-5-3-4-6-12(11)17(20)25/h11-12H,2-10H2,1H3,(H,18,21)(H,19,22)/t11-,12+. The maximum absolute atomic E-state index is 12.3. The molecule has 2 aliphatic rings. The first-order valence-electron chi connectivity index (χ1n) is 8.98. The molecule has 4 amide bonds. The summed E-state index contributed by atoms with van der Waals surface area (Å²) in [5, 5.41) is 4.91. The minimum absolute atomic E-state index is 0.206. The van der Waals surface area contributed by atoms with Gasteiger partial charge in [0.1, 0.15) is 6.54 Å². The molecule has 2 N–H and O–H groups in total. The Balaban J connectivity index is 1.71. The van der Waals surface area contributed by atoms with E-state index in [0.29, 0.717) is 19.4 Å². The van der Waals surface area contributed by atoms with Gasteiger partial charge < -0.3 is 15.4 Å². The van der Waals surface area contributed by atoms with Crippen LogP contribution in [0, 0.1) is 11.8 Å². The van der Waals surface area contributed by atoms with Crippen LogP contribution < -0.4 is 10.6 Å². The van der Waals surface area contributed by atoms with Crippen LogP contribution in [0.5, 0.6) is 0 Å². The number of likely N-dealkylation sites (tertiary alicyclic amines) is 1. The smallest absolute Gasteiger partial charge is 0.326 e. The number of carbonyl (C=O) groups excluding carboxylic acids is 5. The average Bonchev–Trinajstić information content (AvgIpc) is 2.88. The Morgan fingerprint density at radius 3 is 2.23 bits per heavy atom. The van der Waals surface area contributed by atoms with E-state index in [2.05, 4.69) is 10.6 Å². The molecule has 0 radical (unpaired) electrons. The normalized spacial score (nSPS) is 22.0. The largest absolute Gasteiger partial charge is 0.454 e. The third kappa shape index (κ3) is 5.03. The van der Waals surface area contributed by atoms with E-state index in [9.17, 15) is 24.0 Å². The van der Waals surface area contributed by atoms with Gasteiger partial charge in [-0.1, -0.05) is 19.8 Å². The molecule has 2 atom stereocenters. The lowest BCUT2D eigenvalue weighted by Crippen LogP contribution is -2.40. The Kier molecular flexibility index (Phi) is 7.11. The minimum Gasteiger partial charge on any atom is -0.454 e. The number of carbonyl (C=O) groups is 5. The maximum atomic E-state index is 12.3. The molecule has 144 valence electrons. The maximum Gasteiger partial charge on any atom is 0.326 e. The summed E-state index contributed by atoms with van der Waals surface area (Å²) < 4.78 is 4.80. The first kappa shape index (κ1) is 19.9. The summed E-state index contributed by atoms with van der Waals surface area (Å²) in [5.74, 6) is -3.08. The number of ether oxygens (including phenoxy) is 1. The minimum atomic E-state index is -0.823. The van der Waals surface area contributed by atoms with E-state index in [0.717, 1.165) is 24.2 Å². The Labute approximate surface area is 151 Å². The topological polar surface area (TPSA) is 122 Å². The SMILES string of the molecule is CCCNC(=O)CNC(=O)COC(=O)CN1C(=O)[C@H]2CCCC[C@H]2C1=O. The predicted octanol–water partition coefficient (Wildman–Crippen LogP) is -0.653. The predicted molar refractivity (Wildman–Crippen MR) is 89.4 cm³/mol. The van der Waals surface area contributed by atoms with Crippen LogP contribution in [-0.2, 0) is 28.7 Å². The molecule has 1 saturated carbocycles. The van der Waals surface area contributed by atoms with Crippen LogP contribution in [0.15, 0.2) is 0 Å². The second-order valence-electron chi connectivity index (χ2n) is 6.55. The summed E-state index contributed by atoms with van der Waals surface area (Å²) >= 11 is 0. The van der Waals surface area contributed by atoms with Gasteiger partial charge in [-0.3, -0.25) is 28.9 Å². The fourth-order valence-corrected chi connectivity index (χ4v) is 3.26. The quantitative estimate of drug-likeness (QED) is 0.434. The molecule has 9 nitrogen and oxygen atoms in total. The third-order valence-corrected chi connectivity index (χ3v) is 4.60. The van der Waals surface area contributed by atoms with Gasteiger partial charge >= 0.3 is 5.97 Å². The van der Waals surface area contributed by atoms with E-state index in [4.69, 9.17) is 4.74 Å². The molecule has 2 rings (SSSR count). The fourth-order valence-electron chi connectivity index (χ4n) is 3.26. The Morgan fingerprint density at radius 1 is 1.04 bits per heavy atom. The van der Waals surface area contributed by atoms with Crippen molar-refractivity contribution in [2.45, 2.75) is 39.0 Å². The molecule has 1 aliphatic carbocycles. The molecule has 0 bridgehead atoms. The van der Waals surface area contributed by atoms with Crippen molar-refractivity contribution >= 4 is 29.6 Å². The van der Waals surface area contributed by atoms with Gasteiger partial charge in [-0.2, -0.15) is 0 Å². The summed E-state index contributed by atoms with van der Waals surface area (Å²) in [5.41, 5.74) is 0. The molecule has 0 spiro atoms. The Hall–Kier alpha value is -2.45. The van der Waals surface area contributed by atoms with Crippen molar-refractivity contribution in [3.05, 3.63) is 0 Å². The number of rotatable bonds is 8. The summed E-state index contributed by atoms with van der Waals surface area (Å²) in [6, 6.07) is 0. The van der Waals surface area contributed by atoms with Crippen molar-refractivity contribution < 1.29 is 28.7 Å². The van der Waals surface area contributed by atoms with Crippen molar-refractivity contribution in [3.63, 3.8) is 0 Å². The highest BCUT2D eigenvalue weighted by Crippen LogP contribution is 2.37. The molecule has 0 aromatic heterocycles. The second kappa shape index (κ2) is 9.30. The summed E-state index contributed by atoms with van der Waals surface area (Å²) in [6.07, 6.45) is 3.94. The van der Waals surface area contributed by atoms with Gasteiger partial charge in [0.2, 0.25) is 17.7 Å². The van der Waals surface area contributed by atoms with Crippen molar-refractivity contribution in [2.75, 3.05) is 26.2 Å². The van der Waals surface area contributed by atoms with Gasteiger partial charge in [-0.05, 0) is 19.3 Å². The van der Waals surface area contributed by atoms with Gasteiger partial charge in [-0.15, -0.1) is 0 Å². The third-order valence-electron chi connectivity index (χ3n) is 4.60. The molecule has 2 fully saturated rings. The van der Waals surface area contributed by atoms with Gasteiger partial charge in [0.25, 0.3) is 5.91 Å². The zero-order valence-electron chi connectivity index (χ0n) is 14.9. The Bertz CT molecular complexity index is 567. The number of nitrogens with one attached hydrogen (secondary N) is 2. The number of imide groups is 1. The van der Waals surface area contributed by atoms with E-state index < -0.39 is 25.0 Å². The van der Waals surface area contributed by atoms with Crippen molar-refractivity contribution in [3.8, 4) is 0 Å². The molecular weight excluding hydrogens is 342 g/mol. The van der Waals surface area contributed by atoms with Crippen LogP contribution >= 0.6 is 0 Å². The first-order chi connectivity index (χ1) is 12.4. The summed E-state index contributed by atoms with van der Waals surface area (Å²) in [6.45, 7) is 1.17. The van der Waals surface area contributed by atoms with Crippen molar-refractivity contribution in [1.29, 1.82) is 0 Å². The van der Waals surface area contributed by atoms with Crippen LogP contribution in [-0.4, -0.2) is 60.7 Å². The number of amides is 4. The number of fused-ring (bicyclic) bond motifs is 1. The van der Waals surface area contributed by atoms with Gasteiger partial charge in [-0.25, -0.2) is 0 Å². The van der Waals surface area contributed by atoms with Crippen LogP contribution in [0.2, 0.25) is 0 Å². The van der Waals surface area contributed by atoms with Crippen LogP contribution in [0.3, 0.4) is 0 Å². The summed E-state index contributed by atoms with van der Waals surface area (Å²) in [4.78, 5) is 60.3. The molecular formula is C17H25N3O6. The number of esters is 1. The number of nitrogens with zero attached hydrogens (tertiary/aromatic N) is 1. The van der Waals surface area contributed by atoms with Gasteiger partial charge in [0.15, 0.2) is 6.61 Å². The van der Waals surface area contributed by atoms with Crippen LogP contribution in [0.4, 0.5) is 0 Å². The van der Waals surface area contributed by atoms with Gasteiger partial charge in [0, 0.05) is 6.54 Å². The Morgan fingerprint density at radius 2 is 1.65 bits per heavy atom. The van der Waals surface area contributed by atoms with E-state index in [1.807, 2.05) is 6.92 Å². The van der Waals surface area contributed by atoms with Crippen LogP contribution in [0.25, 0.3) is 0 Å². The lowest BCUT2D eigenvalue weighted by Gasteiger charge is -2.19. The van der Waals surface area contributed by atoms with E-state index in [1.165, 1.54) is 0 Å². The van der Waals surface area contributed by atoms with Gasteiger partial charge in [0.05, 0.1) is 18.4 Å². The number of hydrogen-bond acceptors (Lipinski definition) is 6. The molecule has 0 aromatic carbocycles. The lowest BCUT2D eigenvalue weighted by atomic mass is 9.81. The summed E-state index contributed by atoms with van der Waals surface area (Å²) in [7, 11) is 0. The van der Waals surface area contributed by atoms with Crippen molar-refractivity contribution in [2.24, 2.45) is 11.8 Å². The zero-order valence-corrected chi connectivity index (χ0v) is 14.9. The number of hydrogen-bond donors (Lipinski definition) is 2. The molecule has 9 heteroatoms. The monoisotopic (exact) mass is 367 g/mol. The second-order valence-corrected chi connectivity index (χ2v) is 6.55. The lowest BCUT2D eigenvalue weighted by molar-refractivity contribution is -0.155. The molecule has 0 aromatic rings. The molecule has 26 heavy (non-hydrogen) atoms. The molecule has 1 saturated heterocycles. The molecule has 1 heterocycles. The highest BCUT2D eigenvalue weighted by atomic mass is 16.5. The first-order valence-corrected chi connectivity index (χ1v) is 8.98. The van der Waals surface area contributed by atoms with E-state index >= 15 is 0 Å². The fraction of sp³-hybridized carbons (Fsp3) is 0.706. The molecule has 1 aliphatic heterocycles. The highest BCUT2D eigenvalue weighted by Gasteiger charge is 2.48.